The second-order valence-electron chi connectivity index (χ2n) is 7.15. The van der Waals surface area contributed by atoms with Crippen molar-refractivity contribution in [3.8, 4) is 11.4 Å². The molecule has 0 spiro atoms. The first-order chi connectivity index (χ1) is 12.6. The molecule has 1 aromatic carbocycles. The van der Waals surface area contributed by atoms with E-state index in [2.05, 4.69) is 10.00 Å². The van der Waals surface area contributed by atoms with Crippen LogP contribution < -0.4 is 0 Å². The highest BCUT2D eigenvalue weighted by atomic mass is 16.3. The molecule has 26 heavy (non-hydrogen) atoms. The Hall–Kier alpha value is -2.25. The number of piperidine rings is 1. The average molecular weight is 355 g/mol. The van der Waals surface area contributed by atoms with Crippen LogP contribution in [0.4, 0.5) is 0 Å². The Balaban J connectivity index is 1.46. The molecule has 0 radical (unpaired) electrons. The molecule has 0 aliphatic carbocycles. The van der Waals surface area contributed by atoms with E-state index in [-0.39, 0.29) is 18.1 Å². The van der Waals surface area contributed by atoms with Gasteiger partial charge in [-0.05, 0) is 19.8 Å². The molecule has 0 unspecified atom stereocenters. The number of nitrogens with zero attached hydrogens (tertiary/aromatic N) is 5. The molecule has 4 rings (SSSR count). The maximum Gasteiger partial charge on any atom is 0.237 e. The summed E-state index contributed by atoms with van der Waals surface area (Å²) < 4.78 is 1.92. The predicted molar refractivity (Wildman–Crippen MR) is 97.3 cm³/mol. The lowest BCUT2D eigenvalue weighted by Gasteiger charge is -2.36. The molecule has 2 aromatic rings. The molecule has 138 valence electrons. The molecule has 7 heteroatoms. The first kappa shape index (κ1) is 17.2. The highest BCUT2D eigenvalue weighted by molar-refractivity contribution is 5.78. The van der Waals surface area contributed by atoms with Gasteiger partial charge in [0.1, 0.15) is 5.82 Å². The molecule has 0 saturated carbocycles. The third-order valence-electron chi connectivity index (χ3n) is 5.36. The van der Waals surface area contributed by atoms with Crippen LogP contribution >= 0.6 is 0 Å². The number of aromatic nitrogens is 3. The molecule has 3 heterocycles. The monoisotopic (exact) mass is 355 g/mol. The third kappa shape index (κ3) is 3.37. The summed E-state index contributed by atoms with van der Waals surface area (Å²) >= 11 is 0. The Morgan fingerprint density at radius 3 is 2.62 bits per heavy atom. The Kier molecular flexibility index (Phi) is 4.74. The normalized spacial score (nSPS) is 21.6. The summed E-state index contributed by atoms with van der Waals surface area (Å²) in [6, 6.07) is 9.84. The number of amides is 1. The molecule has 2 aliphatic heterocycles. The summed E-state index contributed by atoms with van der Waals surface area (Å²) in [6.45, 7) is 5.32. The van der Waals surface area contributed by atoms with Crippen molar-refractivity contribution < 1.29 is 9.90 Å². The topological polar surface area (TPSA) is 74.5 Å². The number of likely N-dealkylation sites (tertiary alicyclic amines) is 1. The van der Waals surface area contributed by atoms with Gasteiger partial charge < -0.3 is 10.0 Å². The Morgan fingerprint density at radius 2 is 1.88 bits per heavy atom. The van der Waals surface area contributed by atoms with Gasteiger partial charge in [-0.1, -0.05) is 30.3 Å². The number of hydrogen-bond donors (Lipinski definition) is 1. The number of carbonyl (C=O) groups is 1. The van der Waals surface area contributed by atoms with Crippen LogP contribution in [0.2, 0.25) is 0 Å². The van der Waals surface area contributed by atoms with E-state index in [9.17, 15) is 9.90 Å². The Morgan fingerprint density at radius 1 is 1.15 bits per heavy atom. The zero-order chi connectivity index (χ0) is 18.1. The zero-order valence-electron chi connectivity index (χ0n) is 15.1. The Labute approximate surface area is 153 Å². The lowest BCUT2D eigenvalue weighted by atomic mass is 10.1. The summed E-state index contributed by atoms with van der Waals surface area (Å²) in [5, 5.41) is 14.2. The number of rotatable bonds is 3. The van der Waals surface area contributed by atoms with Gasteiger partial charge in [0, 0.05) is 25.2 Å². The van der Waals surface area contributed by atoms with Gasteiger partial charge in [0.15, 0.2) is 5.82 Å². The van der Waals surface area contributed by atoms with E-state index in [1.165, 1.54) is 0 Å². The molecule has 1 amide bonds. The third-order valence-corrected chi connectivity index (χ3v) is 5.36. The largest absolute Gasteiger partial charge is 0.393 e. The molecular formula is C19H25N5O2. The number of aliphatic hydroxyl groups excluding tert-OH is 1. The summed E-state index contributed by atoms with van der Waals surface area (Å²) in [7, 11) is 0. The summed E-state index contributed by atoms with van der Waals surface area (Å²) in [4.78, 5) is 21.6. The van der Waals surface area contributed by atoms with Crippen molar-refractivity contribution in [2.45, 2.75) is 38.5 Å². The predicted octanol–water partition coefficient (Wildman–Crippen LogP) is 1.30. The quantitative estimate of drug-likeness (QED) is 0.898. The zero-order valence-corrected chi connectivity index (χ0v) is 15.1. The standard InChI is InChI=1S/C19H25N5O2/c1-14-19-20-18(15-5-3-2-4-6-15)21-24(19)12-11-23(14)17(26)13-22-9-7-16(25)8-10-22/h2-6,14,16,25H,7-13H2,1H3/t14-/m0/s1. The maximum absolute atomic E-state index is 12.8. The fourth-order valence-corrected chi connectivity index (χ4v) is 3.77. The van der Waals surface area contributed by atoms with Crippen molar-refractivity contribution >= 4 is 5.91 Å². The van der Waals surface area contributed by atoms with Crippen LogP contribution in [0.5, 0.6) is 0 Å². The Bertz CT molecular complexity index is 767. The molecule has 1 fully saturated rings. The number of fused-ring (bicyclic) bond motifs is 1. The summed E-state index contributed by atoms with van der Waals surface area (Å²) in [6.07, 6.45) is 1.28. The molecule has 0 bridgehead atoms. The maximum atomic E-state index is 12.8. The minimum atomic E-state index is -0.217. The van der Waals surface area contributed by atoms with Crippen LogP contribution in [-0.2, 0) is 11.3 Å². The molecule has 1 atom stereocenters. The van der Waals surface area contributed by atoms with Gasteiger partial charge in [0.2, 0.25) is 5.91 Å². The molecule has 7 nitrogen and oxygen atoms in total. The van der Waals surface area contributed by atoms with Crippen molar-refractivity contribution in [3.63, 3.8) is 0 Å². The van der Waals surface area contributed by atoms with Crippen molar-refractivity contribution in [1.82, 2.24) is 24.6 Å². The van der Waals surface area contributed by atoms with Gasteiger partial charge in [-0.3, -0.25) is 9.69 Å². The number of hydrogen-bond acceptors (Lipinski definition) is 5. The number of carbonyl (C=O) groups excluding carboxylic acids is 1. The van der Waals surface area contributed by atoms with Gasteiger partial charge in [-0.2, -0.15) is 5.10 Å². The van der Waals surface area contributed by atoms with Crippen LogP contribution in [0.25, 0.3) is 11.4 Å². The van der Waals surface area contributed by atoms with E-state index in [0.717, 1.165) is 37.3 Å². The first-order valence-electron chi connectivity index (χ1n) is 9.32. The first-order valence-corrected chi connectivity index (χ1v) is 9.32. The molecule has 1 saturated heterocycles. The van der Waals surface area contributed by atoms with E-state index in [1.807, 2.05) is 46.8 Å². The van der Waals surface area contributed by atoms with E-state index in [0.29, 0.717) is 25.5 Å². The minimum absolute atomic E-state index is 0.0865. The number of benzene rings is 1. The van der Waals surface area contributed by atoms with Gasteiger partial charge >= 0.3 is 0 Å². The smallest absolute Gasteiger partial charge is 0.237 e. The van der Waals surface area contributed by atoms with Crippen molar-refractivity contribution in [1.29, 1.82) is 0 Å². The fraction of sp³-hybridized carbons (Fsp3) is 0.526. The summed E-state index contributed by atoms with van der Waals surface area (Å²) in [5.41, 5.74) is 0.992. The van der Waals surface area contributed by atoms with Crippen LogP contribution in [0.3, 0.4) is 0 Å². The lowest BCUT2D eigenvalue weighted by Crippen LogP contribution is -2.48. The second-order valence-corrected chi connectivity index (χ2v) is 7.15. The minimum Gasteiger partial charge on any atom is -0.393 e. The second kappa shape index (κ2) is 7.17. The van der Waals surface area contributed by atoms with Gasteiger partial charge in [0.25, 0.3) is 0 Å². The molecule has 1 aromatic heterocycles. The van der Waals surface area contributed by atoms with Crippen LogP contribution in [0.15, 0.2) is 30.3 Å². The van der Waals surface area contributed by atoms with E-state index >= 15 is 0 Å². The van der Waals surface area contributed by atoms with E-state index < -0.39 is 0 Å². The van der Waals surface area contributed by atoms with Gasteiger partial charge in [-0.15, -0.1) is 0 Å². The summed E-state index contributed by atoms with van der Waals surface area (Å²) in [5.74, 6) is 1.69. The average Bonchev–Trinajstić information content (AvgIpc) is 3.10. The number of aliphatic hydroxyl groups is 1. The van der Waals surface area contributed by atoms with Crippen LogP contribution in [-0.4, -0.2) is 67.9 Å². The van der Waals surface area contributed by atoms with Crippen molar-refractivity contribution in [2.75, 3.05) is 26.2 Å². The highest BCUT2D eigenvalue weighted by Crippen LogP contribution is 2.26. The van der Waals surface area contributed by atoms with Crippen molar-refractivity contribution in [2.24, 2.45) is 0 Å². The molecule has 2 aliphatic rings. The van der Waals surface area contributed by atoms with Crippen LogP contribution in [0.1, 0.15) is 31.6 Å². The molecular weight excluding hydrogens is 330 g/mol. The van der Waals surface area contributed by atoms with E-state index in [4.69, 9.17) is 4.98 Å². The van der Waals surface area contributed by atoms with Crippen LogP contribution in [0, 0.1) is 0 Å². The van der Waals surface area contributed by atoms with E-state index in [1.54, 1.807) is 0 Å². The lowest BCUT2D eigenvalue weighted by molar-refractivity contribution is -0.136. The SMILES string of the molecule is C[C@H]1c2nc(-c3ccccc3)nn2CCN1C(=O)CN1CCC(O)CC1. The van der Waals surface area contributed by atoms with Gasteiger partial charge in [0.05, 0.1) is 25.2 Å². The van der Waals surface area contributed by atoms with Crippen molar-refractivity contribution in [3.05, 3.63) is 36.2 Å². The highest BCUT2D eigenvalue weighted by Gasteiger charge is 2.32. The molecule has 1 N–H and O–H groups in total. The van der Waals surface area contributed by atoms with Gasteiger partial charge in [-0.25, -0.2) is 9.67 Å². The fourth-order valence-electron chi connectivity index (χ4n) is 3.77.